The number of ether oxygens (including phenoxy) is 1. The van der Waals surface area contributed by atoms with Crippen LogP contribution in [0.25, 0.3) is 0 Å². The van der Waals surface area contributed by atoms with Crippen LogP contribution in [-0.2, 0) is 4.74 Å². The van der Waals surface area contributed by atoms with E-state index in [9.17, 15) is 9.90 Å². The Morgan fingerprint density at radius 1 is 1.56 bits per heavy atom. The number of aromatic carboxylic acids is 1. The number of aliphatic hydroxyl groups excluding tert-OH is 1. The highest BCUT2D eigenvalue weighted by molar-refractivity contribution is 5.90. The van der Waals surface area contributed by atoms with Gasteiger partial charge in [0.15, 0.2) is 0 Å². The van der Waals surface area contributed by atoms with Crippen molar-refractivity contribution in [3.8, 4) is 0 Å². The molecule has 1 aliphatic rings. The number of aliphatic hydroxyl groups is 1. The first-order valence-electron chi connectivity index (χ1n) is 5.71. The van der Waals surface area contributed by atoms with Crippen LogP contribution < -0.4 is 10.6 Å². The second-order valence-electron chi connectivity index (χ2n) is 4.18. The van der Waals surface area contributed by atoms with Crippen LogP contribution in [0.3, 0.4) is 0 Å². The van der Waals surface area contributed by atoms with Gasteiger partial charge in [-0.1, -0.05) is 0 Å². The minimum atomic E-state index is -0.995. The fourth-order valence-corrected chi connectivity index (χ4v) is 2.05. The zero-order chi connectivity index (χ0) is 13.1. The number of rotatable bonds is 3. The zero-order valence-electron chi connectivity index (χ0n) is 9.87. The molecule has 0 aromatic heterocycles. The maximum absolute atomic E-state index is 11.0. The van der Waals surface area contributed by atoms with E-state index in [4.69, 9.17) is 15.6 Å². The molecule has 1 aromatic rings. The number of carboxylic acids is 1. The molecule has 1 saturated heterocycles. The third-order valence-corrected chi connectivity index (χ3v) is 3.03. The van der Waals surface area contributed by atoms with Crippen molar-refractivity contribution in [2.45, 2.75) is 6.04 Å². The van der Waals surface area contributed by atoms with Gasteiger partial charge in [-0.25, -0.2) is 4.79 Å². The van der Waals surface area contributed by atoms with E-state index in [1.807, 2.05) is 4.90 Å². The number of carbonyl (C=O) groups is 1. The number of hydrogen-bond donors (Lipinski definition) is 3. The van der Waals surface area contributed by atoms with Gasteiger partial charge in [0.25, 0.3) is 0 Å². The quantitative estimate of drug-likeness (QED) is 0.663. The summed E-state index contributed by atoms with van der Waals surface area (Å²) >= 11 is 0. The highest BCUT2D eigenvalue weighted by Gasteiger charge is 2.24. The van der Waals surface area contributed by atoms with Gasteiger partial charge in [-0.15, -0.1) is 0 Å². The number of nitrogens with two attached hydrogens (primary N) is 1. The van der Waals surface area contributed by atoms with Crippen molar-refractivity contribution in [3.63, 3.8) is 0 Å². The van der Waals surface area contributed by atoms with Gasteiger partial charge < -0.3 is 25.6 Å². The average Bonchev–Trinajstić information content (AvgIpc) is 2.39. The molecule has 1 heterocycles. The lowest BCUT2D eigenvalue weighted by Gasteiger charge is -2.37. The van der Waals surface area contributed by atoms with Crippen molar-refractivity contribution < 1.29 is 19.7 Å². The van der Waals surface area contributed by atoms with Gasteiger partial charge in [-0.3, -0.25) is 0 Å². The van der Waals surface area contributed by atoms with E-state index in [0.29, 0.717) is 31.1 Å². The Morgan fingerprint density at radius 3 is 3.00 bits per heavy atom. The van der Waals surface area contributed by atoms with Crippen molar-refractivity contribution in [2.75, 3.05) is 37.0 Å². The Balaban J connectivity index is 2.35. The third kappa shape index (κ3) is 2.39. The monoisotopic (exact) mass is 252 g/mol. The molecule has 2 rings (SSSR count). The molecule has 1 fully saturated rings. The Hall–Kier alpha value is -1.79. The first-order chi connectivity index (χ1) is 8.63. The zero-order valence-corrected chi connectivity index (χ0v) is 9.87. The smallest absolute Gasteiger partial charge is 0.335 e. The summed E-state index contributed by atoms with van der Waals surface area (Å²) in [7, 11) is 0. The van der Waals surface area contributed by atoms with E-state index in [1.54, 1.807) is 6.07 Å². The van der Waals surface area contributed by atoms with Crippen molar-refractivity contribution in [1.82, 2.24) is 0 Å². The number of anilines is 2. The van der Waals surface area contributed by atoms with Crippen LogP contribution in [0.4, 0.5) is 11.4 Å². The Labute approximate surface area is 105 Å². The second kappa shape index (κ2) is 5.24. The van der Waals surface area contributed by atoms with Crippen molar-refractivity contribution in [2.24, 2.45) is 0 Å². The van der Waals surface area contributed by atoms with Gasteiger partial charge >= 0.3 is 5.97 Å². The maximum atomic E-state index is 11.0. The fraction of sp³-hybridized carbons (Fsp3) is 0.417. The van der Waals surface area contributed by atoms with Gasteiger partial charge in [0.2, 0.25) is 0 Å². The number of carboxylic acid groups (broad SMARTS) is 1. The first kappa shape index (κ1) is 12.7. The summed E-state index contributed by atoms with van der Waals surface area (Å²) in [5, 5.41) is 18.3. The predicted molar refractivity (Wildman–Crippen MR) is 66.9 cm³/mol. The van der Waals surface area contributed by atoms with Gasteiger partial charge in [0.1, 0.15) is 0 Å². The van der Waals surface area contributed by atoms with Crippen LogP contribution in [0, 0.1) is 0 Å². The molecule has 0 aliphatic carbocycles. The minimum absolute atomic E-state index is 0.0588. The fourth-order valence-electron chi connectivity index (χ4n) is 2.05. The summed E-state index contributed by atoms with van der Waals surface area (Å²) in [5.74, 6) is -0.995. The van der Waals surface area contributed by atoms with E-state index >= 15 is 0 Å². The van der Waals surface area contributed by atoms with E-state index in [2.05, 4.69) is 0 Å². The Kier molecular flexibility index (Phi) is 3.69. The second-order valence-corrected chi connectivity index (χ2v) is 4.18. The molecule has 0 bridgehead atoms. The highest BCUT2D eigenvalue weighted by atomic mass is 16.5. The molecule has 1 aromatic carbocycles. The van der Waals surface area contributed by atoms with E-state index < -0.39 is 5.97 Å². The molecule has 0 amide bonds. The molecular formula is C12H16N2O4. The molecule has 0 saturated carbocycles. The number of benzene rings is 1. The summed E-state index contributed by atoms with van der Waals surface area (Å²) in [4.78, 5) is 12.9. The van der Waals surface area contributed by atoms with E-state index in [1.165, 1.54) is 12.1 Å². The van der Waals surface area contributed by atoms with Crippen molar-refractivity contribution in [1.29, 1.82) is 0 Å². The average molecular weight is 252 g/mol. The van der Waals surface area contributed by atoms with Gasteiger partial charge in [-0.2, -0.15) is 0 Å². The number of hydrogen-bond acceptors (Lipinski definition) is 5. The summed E-state index contributed by atoms with van der Waals surface area (Å²) in [6.07, 6.45) is 0. The molecule has 1 unspecified atom stereocenters. The molecule has 1 aliphatic heterocycles. The Bertz CT molecular complexity index is 450. The SMILES string of the molecule is Nc1ccc(C(=O)O)cc1N1CCOCC1CO. The lowest BCUT2D eigenvalue weighted by molar-refractivity contribution is 0.0696. The van der Waals surface area contributed by atoms with Crippen LogP contribution in [0.1, 0.15) is 10.4 Å². The van der Waals surface area contributed by atoms with Crippen LogP contribution in [-0.4, -0.2) is 48.6 Å². The molecule has 98 valence electrons. The predicted octanol–water partition coefficient (Wildman–Crippen LogP) is 0.164. The largest absolute Gasteiger partial charge is 0.478 e. The van der Waals surface area contributed by atoms with Gasteiger partial charge in [-0.05, 0) is 18.2 Å². The molecule has 6 heteroatoms. The summed E-state index contributed by atoms with van der Waals surface area (Å²) < 4.78 is 5.28. The van der Waals surface area contributed by atoms with E-state index in [0.717, 1.165) is 0 Å². The van der Waals surface area contributed by atoms with Crippen LogP contribution >= 0.6 is 0 Å². The maximum Gasteiger partial charge on any atom is 0.335 e. The molecule has 1 atom stereocenters. The van der Waals surface area contributed by atoms with Crippen LogP contribution in [0.15, 0.2) is 18.2 Å². The molecule has 4 N–H and O–H groups in total. The topological polar surface area (TPSA) is 96.0 Å². The van der Waals surface area contributed by atoms with Crippen molar-refractivity contribution in [3.05, 3.63) is 23.8 Å². The number of morpholine rings is 1. The lowest BCUT2D eigenvalue weighted by Crippen LogP contribution is -2.48. The lowest BCUT2D eigenvalue weighted by atomic mass is 10.1. The standard InChI is InChI=1S/C12H16N2O4/c13-10-2-1-8(12(16)17)5-11(10)14-3-4-18-7-9(14)6-15/h1-2,5,9,15H,3-4,6-7,13H2,(H,16,17). The third-order valence-electron chi connectivity index (χ3n) is 3.03. The number of nitrogen functional groups attached to an aromatic ring is 1. The molecule has 0 radical (unpaired) electrons. The summed E-state index contributed by atoms with van der Waals surface area (Å²) in [5.41, 5.74) is 7.20. The van der Waals surface area contributed by atoms with Gasteiger partial charge in [0, 0.05) is 6.54 Å². The summed E-state index contributed by atoms with van der Waals surface area (Å²) in [6, 6.07) is 4.38. The molecular weight excluding hydrogens is 236 g/mol. The van der Waals surface area contributed by atoms with Crippen molar-refractivity contribution >= 4 is 17.3 Å². The van der Waals surface area contributed by atoms with Crippen LogP contribution in [0.2, 0.25) is 0 Å². The highest BCUT2D eigenvalue weighted by Crippen LogP contribution is 2.27. The van der Waals surface area contributed by atoms with Crippen LogP contribution in [0.5, 0.6) is 0 Å². The van der Waals surface area contributed by atoms with E-state index in [-0.39, 0.29) is 18.2 Å². The van der Waals surface area contributed by atoms with Gasteiger partial charge in [0.05, 0.1) is 42.8 Å². The Morgan fingerprint density at radius 2 is 2.33 bits per heavy atom. The molecule has 0 spiro atoms. The molecule has 6 nitrogen and oxygen atoms in total. The summed E-state index contributed by atoms with van der Waals surface area (Å²) in [6.45, 7) is 1.47. The minimum Gasteiger partial charge on any atom is -0.478 e. The molecule has 18 heavy (non-hydrogen) atoms. The normalized spacial score (nSPS) is 19.8. The number of nitrogens with zero attached hydrogens (tertiary/aromatic N) is 1. The first-order valence-corrected chi connectivity index (χ1v) is 5.71.